The summed E-state index contributed by atoms with van der Waals surface area (Å²) in [5.74, 6) is -0.305. The summed E-state index contributed by atoms with van der Waals surface area (Å²) in [5.41, 5.74) is 6.37. The van der Waals surface area contributed by atoms with Crippen LogP contribution in [0.2, 0.25) is 0 Å². The van der Waals surface area contributed by atoms with E-state index >= 15 is 0 Å². The Labute approximate surface area is 119 Å². The number of rotatable bonds is 2. The van der Waals surface area contributed by atoms with Gasteiger partial charge < -0.3 is 15.4 Å². The Kier molecular flexibility index (Phi) is 3.20. The summed E-state index contributed by atoms with van der Waals surface area (Å²) < 4.78 is 40.1. The average molecular weight is 301 g/mol. The molecule has 0 aromatic heterocycles. The maximum absolute atomic E-state index is 12.2. The number of carbonyl (C=O) groups excluding carboxylic acids is 1. The minimum atomic E-state index is -4.72. The molecule has 1 aromatic rings. The lowest BCUT2D eigenvalue weighted by molar-refractivity contribution is -0.274. The van der Waals surface area contributed by atoms with Gasteiger partial charge in [0.05, 0.1) is 6.04 Å². The summed E-state index contributed by atoms with van der Waals surface area (Å²) in [4.78, 5) is 15.5. The second-order valence-electron chi connectivity index (χ2n) is 5.24. The van der Waals surface area contributed by atoms with E-state index in [-0.39, 0.29) is 23.9 Å². The minimum Gasteiger partial charge on any atom is -0.406 e. The molecule has 2 atom stereocenters. The van der Waals surface area contributed by atoms with Gasteiger partial charge in [-0.3, -0.25) is 4.90 Å². The molecule has 0 bridgehead atoms. The minimum absolute atomic E-state index is 0.00339. The van der Waals surface area contributed by atoms with Crippen molar-refractivity contribution in [3.8, 4) is 5.75 Å². The number of hydrogen-bond acceptors (Lipinski definition) is 3. The van der Waals surface area contributed by atoms with E-state index in [0.29, 0.717) is 18.8 Å². The van der Waals surface area contributed by atoms with E-state index in [2.05, 4.69) is 4.74 Å². The van der Waals surface area contributed by atoms with Crippen LogP contribution in [0.5, 0.6) is 5.75 Å². The number of benzene rings is 1. The molecule has 114 valence electrons. The number of anilines is 1. The first kappa shape index (κ1) is 14.0. The third-order valence-electron chi connectivity index (χ3n) is 3.70. The molecule has 2 aliphatic rings. The molecule has 3 rings (SSSR count). The number of urea groups is 1. The summed E-state index contributed by atoms with van der Waals surface area (Å²) in [6.07, 6.45) is -3.97. The molecule has 1 unspecified atom stereocenters. The van der Waals surface area contributed by atoms with E-state index < -0.39 is 6.36 Å². The molecule has 2 N–H and O–H groups in total. The number of nitrogens with two attached hydrogens (primary N) is 1. The molecule has 2 amide bonds. The van der Waals surface area contributed by atoms with Gasteiger partial charge in [0.25, 0.3) is 0 Å². The van der Waals surface area contributed by atoms with Gasteiger partial charge in [-0.05, 0) is 30.7 Å². The quantitative estimate of drug-likeness (QED) is 0.908. The molecule has 2 aliphatic heterocycles. The van der Waals surface area contributed by atoms with E-state index in [1.54, 1.807) is 9.80 Å². The van der Waals surface area contributed by atoms with E-state index in [9.17, 15) is 18.0 Å². The van der Waals surface area contributed by atoms with Gasteiger partial charge in [0, 0.05) is 24.8 Å². The van der Waals surface area contributed by atoms with E-state index in [1.165, 1.54) is 24.3 Å². The molecule has 0 aliphatic carbocycles. The summed E-state index contributed by atoms with van der Waals surface area (Å²) >= 11 is 0. The third-order valence-corrected chi connectivity index (χ3v) is 3.70. The molecule has 0 saturated carbocycles. The summed E-state index contributed by atoms with van der Waals surface area (Å²) in [5, 5.41) is 0. The van der Waals surface area contributed by atoms with Crippen molar-refractivity contribution in [1.82, 2.24) is 4.90 Å². The summed E-state index contributed by atoms with van der Waals surface area (Å²) in [7, 11) is 0. The second kappa shape index (κ2) is 4.80. The van der Waals surface area contributed by atoms with E-state index in [0.717, 1.165) is 6.42 Å². The first-order chi connectivity index (χ1) is 9.83. The SMILES string of the molecule is N[C@H]1CC2CN(c3ccc(OC(F)(F)F)cc3)C(=O)N2C1. The van der Waals surface area contributed by atoms with Crippen LogP contribution in [0.15, 0.2) is 24.3 Å². The van der Waals surface area contributed by atoms with Crippen LogP contribution < -0.4 is 15.4 Å². The molecule has 21 heavy (non-hydrogen) atoms. The maximum atomic E-state index is 12.2. The molecular formula is C13H14F3N3O2. The zero-order valence-corrected chi connectivity index (χ0v) is 11.0. The zero-order valence-electron chi connectivity index (χ0n) is 11.0. The fraction of sp³-hybridized carbons (Fsp3) is 0.462. The molecule has 0 spiro atoms. The van der Waals surface area contributed by atoms with Crippen molar-refractivity contribution < 1.29 is 22.7 Å². The molecule has 5 nitrogen and oxygen atoms in total. The topological polar surface area (TPSA) is 58.8 Å². The van der Waals surface area contributed by atoms with E-state index in [4.69, 9.17) is 5.73 Å². The highest BCUT2D eigenvalue weighted by Crippen LogP contribution is 2.31. The van der Waals surface area contributed by atoms with Crippen molar-refractivity contribution in [2.75, 3.05) is 18.0 Å². The zero-order chi connectivity index (χ0) is 15.2. The summed E-state index contributed by atoms with van der Waals surface area (Å²) in [6.45, 7) is 1.03. The Morgan fingerprint density at radius 3 is 2.43 bits per heavy atom. The van der Waals surface area contributed by atoms with Gasteiger partial charge in [-0.15, -0.1) is 13.2 Å². The Morgan fingerprint density at radius 2 is 1.86 bits per heavy atom. The summed E-state index contributed by atoms with van der Waals surface area (Å²) in [6, 6.07) is 5.22. The van der Waals surface area contributed by atoms with Crippen molar-refractivity contribution in [1.29, 1.82) is 0 Å². The van der Waals surface area contributed by atoms with Crippen LogP contribution in [0.1, 0.15) is 6.42 Å². The Morgan fingerprint density at radius 1 is 1.19 bits per heavy atom. The van der Waals surface area contributed by atoms with Crippen molar-refractivity contribution in [2.24, 2.45) is 5.73 Å². The van der Waals surface area contributed by atoms with E-state index in [1.807, 2.05) is 0 Å². The number of hydrogen-bond donors (Lipinski definition) is 1. The van der Waals surface area contributed by atoms with Crippen LogP contribution >= 0.6 is 0 Å². The molecular weight excluding hydrogens is 287 g/mol. The van der Waals surface area contributed by atoms with Gasteiger partial charge in [0.15, 0.2) is 0 Å². The van der Waals surface area contributed by atoms with Crippen LogP contribution in [0.4, 0.5) is 23.7 Å². The van der Waals surface area contributed by atoms with Crippen LogP contribution in [0, 0.1) is 0 Å². The lowest BCUT2D eigenvalue weighted by Gasteiger charge is -2.18. The van der Waals surface area contributed by atoms with Crippen molar-refractivity contribution in [3.05, 3.63) is 24.3 Å². The monoisotopic (exact) mass is 301 g/mol. The second-order valence-corrected chi connectivity index (χ2v) is 5.24. The smallest absolute Gasteiger partial charge is 0.406 e. The lowest BCUT2D eigenvalue weighted by Crippen LogP contribution is -2.35. The Hall–Kier alpha value is -1.96. The molecule has 2 saturated heterocycles. The van der Waals surface area contributed by atoms with Crippen LogP contribution in [-0.2, 0) is 0 Å². The predicted octanol–water partition coefficient (Wildman–Crippen LogP) is 1.93. The number of alkyl halides is 3. The molecule has 1 aromatic carbocycles. The van der Waals surface area contributed by atoms with Crippen molar-refractivity contribution in [3.63, 3.8) is 0 Å². The number of ether oxygens (including phenoxy) is 1. The fourth-order valence-electron chi connectivity index (χ4n) is 2.85. The predicted molar refractivity (Wildman–Crippen MR) is 69.0 cm³/mol. The van der Waals surface area contributed by atoms with Crippen molar-refractivity contribution >= 4 is 11.7 Å². The first-order valence-electron chi connectivity index (χ1n) is 6.53. The van der Waals surface area contributed by atoms with Gasteiger partial charge in [-0.2, -0.15) is 0 Å². The number of amides is 2. The van der Waals surface area contributed by atoms with Crippen LogP contribution in [0.25, 0.3) is 0 Å². The lowest BCUT2D eigenvalue weighted by atomic mass is 10.2. The van der Waals surface area contributed by atoms with Gasteiger partial charge in [0.2, 0.25) is 0 Å². The number of carbonyl (C=O) groups is 1. The molecule has 0 radical (unpaired) electrons. The average Bonchev–Trinajstić information content (AvgIpc) is 2.87. The Bertz CT molecular complexity index is 547. The standard InChI is InChI=1S/C13H14F3N3O2/c14-13(15,16)21-11-3-1-9(2-4-11)19-7-10-5-8(17)6-18(10)12(19)20/h1-4,8,10H,5-7,17H2/t8-,10?/m0/s1. The van der Waals surface area contributed by atoms with Gasteiger partial charge >= 0.3 is 12.4 Å². The van der Waals surface area contributed by atoms with Crippen molar-refractivity contribution in [2.45, 2.75) is 24.9 Å². The highest BCUT2D eigenvalue weighted by molar-refractivity contribution is 5.95. The Balaban J connectivity index is 1.72. The third kappa shape index (κ3) is 2.76. The van der Waals surface area contributed by atoms with Crippen LogP contribution in [-0.4, -0.2) is 42.5 Å². The van der Waals surface area contributed by atoms with Gasteiger partial charge in [-0.1, -0.05) is 0 Å². The normalized spacial score (nSPS) is 25.4. The van der Waals surface area contributed by atoms with Gasteiger partial charge in [0.1, 0.15) is 5.75 Å². The van der Waals surface area contributed by atoms with Crippen LogP contribution in [0.3, 0.4) is 0 Å². The number of nitrogens with zero attached hydrogens (tertiary/aromatic N) is 2. The molecule has 8 heteroatoms. The largest absolute Gasteiger partial charge is 0.573 e. The highest BCUT2D eigenvalue weighted by Gasteiger charge is 2.43. The highest BCUT2D eigenvalue weighted by atomic mass is 19.4. The molecule has 2 fully saturated rings. The fourth-order valence-corrected chi connectivity index (χ4v) is 2.85. The first-order valence-corrected chi connectivity index (χ1v) is 6.53. The number of fused-ring (bicyclic) bond motifs is 1. The molecule has 2 heterocycles. The van der Waals surface area contributed by atoms with Gasteiger partial charge in [-0.25, -0.2) is 4.79 Å². The maximum Gasteiger partial charge on any atom is 0.573 e. The number of halogens is 3.